The van der Waals surface area contributed by atoms with Crippen LogP contribution in [0.5, 0.6) is 0 Å². The van der Waals surface area contributed by atoms with Gasteiger partial charge in [0.15, 0.2) is 0 Å². The molecule has 126 valence electrons. The van der Waals surface area contributed by atoms with Crippen LogP contribution in [0.3, 0.4) is 0 Å². The molecule has 0 radical (unpaired) electrons. The molecule has 0 unspecified atom stereocenters. The van der Waals surface area contributed by atoms with Crippen molar-refractivity contribution in [3.05, 3.63) is 47.4 Å². The van der Waals surface area contributed by atoms with Crippen molar-refractivity contribution in [2.45, 2.75) is 20.8 Å². The lowest BCUT2D eigenvalue weighted by Gasteiger charge is -2.35. The second-order valence-corrected chi connectivity index (χ2v) is 6.24. The van der Waals surface area contributed by atoms with Crippen molar-refractivity contribution < 1.29 is 4.79 Å². The summed E-state index contributed by atoms with van der Waals surface area (Å²) in [6.07, 6.45) is 5.12. The minimum absolute atomic E-state index is 0.0381. The molecule has 1 aromatic carbocycles. The van der Waals surface area contributed by atoms with Crippen LogP contribution in [0.25, 0.3) is 0 Å². The Morgan fingerprint density at radius 1 is 1.04 bits per heavy atom. The third kappa shape index (κ3) is 3.48. The monoisotopic (exact) mass is 325 g/mol. The van der Waals surface area contributed by atoms with Gasteiger partial charge in [0, 0.05) is 44.3 Å². The molecule has 24 heavy (non-hydrogen) atoms. The Morgan fingerprint density at radius 3 is 2.29 bits per heavy atom. The summed E-state index contributed by atoms with van der Waals surface area (Å²) in [6.45, 7) is 9.00. The number of carbonyl (C=O) groups excluding carboxylic acids is 1. The van der Waals surface area contributed by atoms with E-state index in [1.807, 2.05) is 18.7 Å². The number of nitrogens with zero attached hydrogens (tertiary/aromatic N) is 4. The molecular formula is C18H23N5O. The summed E-state index contributed by atoms with van der Waals surface area (Å²) < 4.78 is 0. The van der Waals surface area contributed by atoms with Gasteiger partial charge in [0.05, 0.1) is 6.20 Å². The summed E-state index contributed by atoms with van der Waals surface area (Å²) in [7, 11) is 0. The van der Waals surface area contributed by atoms with Crippen LogP contribution in [-0.4, -0.2) is 47.1 Å². The molecule has 0 spiro atoms. The van der Waals surface area contributed by atoms with Gasteiger partial charge in [0.1, 0.15) is 5.82 Å². The molecule has 1 aliphatic rings. The zero-order valence-corrected chi connectivity index (χ0v) is 14.4. The van der Waals surface area contributed by atoms with Crippen molar-refractivity contribution in [3.63, 3.8) is 0 Å². The molecule has 1 aliphatic heterocycles. The van der Waals surface area contributed by atoms with Crippen LogP contribution >= 0.6 is 0 Å². The van der Waals surface area contributed by atoms with Crippen LogP contribution < -0.4 is 10.2 Å². The lowest BCUT2D eigenvalue weighted by molar-refractivity contribution is 0.208. The molecule has 2 aromatic rings. The fourth-order valence-corrected chi connectivity index (χ4v) is 3.16. The maximum Gasteiger partial charge on any atom is 0.321 e. The summed E-state index contributed by atoms with van der Waals surface area (Å²) >= 11 is 0. The van der Waals surface area contributed by atoms with E-state index >= 15 is 0 Å². The summed E-state index contributed by atoms with van der Waals surface area (Å²) in [5.41, 5.74) is 4.32. The van der Waals surface area contributed by atoms with Crippen LogP contribution in [0, 0.1) is 20.8 Å². The zero-order valence-electron chi connectivity index (χ0n) is 14.4. The molecule has 0 saturated carbocycles. The fourth-order valence-electron chi connectivity index (χ4n) is 3.16. The first-order chi connectivity index (χ1) is 11.5. The van der Waals surface area contributed by atoms with Gasteiger partial charge in [-0.25, -0.2) is 9.78 Å². The lowest BCUT2D eigenvalue weighted by atomic mass is 10.1. The van der Waals surface area contributed by atoms with Crippen LogP contribution in [-0.2, 0) is 0 Å². The average Bonchev–Trinajstić information content (AvgIpc) is 2.59. The highest BCUT2D eigenvalue weighted by molar-refractivity contribution is 5.91. The van der Waals surface area contributed by atoms with Gasteiger partial charge in [-0.3, -0.25) is 4.98 Å². The molecule has 1 saturated heterocycles. The molecule has 0 atom stereocenters. The van der Waals surface area contributed by atoms with Crippen LogP contribution in [0.1, 0.15) is 16.7 Å². The van der Waals surface area contributed by atoms with Crippen molar-refractivity contribution in [3.8, 4) is 0 Å². The van der Waals surface area contributed by atoms with E-state index in [1.54, 1.807) is 18.6 Å². The van der Waals surface area contributed by atoms with Gasteiger partial charge < -0.3 is 15.1 Å². The van der Waals surface area contributed by atoms with E-state index in [9.17, 15) is 4.79 Å². The number of anilines is 2. The molecule has 1 N–H and O–H groups in total. The normalized spacial score (nSPS) is 14.6. The van der Waals surface area contributed by atoms with Gasteiger partial charge in [0.25, 0.3) is 0 Å². The topological polar surface area (TPSA) is 61.4 Å². The van der Waals surface area contributed by atoms with Crippen molar-refractivity contribution in [1.29, 1.82) is 0 Å². The van der Waals surface area contributed by atoms with E-state index in [1.165, 1.54) is 5.56 Å². The highest BCUT2D eigenvalue weighted by atomic mass is 16.2. The molecule has 1 fully saturated rings. The van der Waals surface area contributed by atoms with Gasteiger partial charge >= 0.3 is 6.03 Å². The zero-order chi connectivity index (χ0) is 17.1. The number of amides is 2. The highest BCUT2D eigenvalue weighted by Gasteiger charge is 2.22. The van der Waals surface area contributed by atoms with E-state index in [0.717, 1.165) is 35.7 Å². The first-order valence-corrected chi connectivity index (χ1v) is 8.19. The largest absolute Gasteiger partial charge is 0.352 e. The number of benzene rings is 1. The molecular weight excluding hydrogens is 302 g/mol. The van der Waals surface area contributed by atoms with Crippen molar-refractivity contribution >= 4 is 17.5 Å². The molecule has 0 bridgehead atoms. The SMILES string of the molecule is Cc1cc(C)c(NC(=O)N2CCN(c3cnccn3)CC2)c(C)c1. The van der Waals surface area contributed by atoms with Gasteiger partial charge in [-0.2, -0.15) is 0 Å². The molecule has 3 rings (SSSR count). The number of carbonyl (C=O) groups is 1. The van der Waals surface area contributed by atoms with E-state index in [-0.39, 0.29) is 6.03 Å². The number of aryl methyl sites for hydroxylation is 3. The molecule has 2 amide bonds. The third-order valence-electron chi connectivity index (χ3n) is 4.35. The Bertz CT molecular complexity index is 700. The van der Waals surface area contributed by atoms with Gasteiger partial charge in [0.2, 0.25) is 0 Å². The Balaban J connectivity index is 1.62. The van der Waals surface area contributed by atoms with Gasteiger partial charge in [-0.05, 0) is 31.9 Å². The Kier molecular flexibility index (Phi) is 4.64. The summed E-state index contributed by atoms with van der Waals surface area (Å²) in [5, 5.41) is 3.07. The number of nitrogens with one attached hydrogen (secondary N) is 1. The summed E-state index contributed by atoms with van der Waals surface area (Å²) in [5.74, 6) is 0.864. The lowest BCUT2D eigenvalue weighted by Crippen LogP contribution is -2.50. The molecule has 0 aliphatic carbocycles. The maximum absolute atomic E-state index is 12.6. The maximum atomic E-state index is 12.6. The van der Waals surface area contributed by atoms with Crippen LogP contribution in [0.2, 0.25) is 0 Å². The van der Waals surface area contributed by atoms with E-state index in [0.29, 0.717) is 13.1 Å². The molecule has 6 nitrogen and oxygen atoms in total. The number of hydrogen-bond acceptors (Lipinski definition) is 4. The van der Waals surface area contributed by atoms with Gasteiger partial charge in [-0.15, -0.1) is 0 Å². The van der Waals surface area contributed by atoms with Crippen LogP contribution in [0.4, 0.5) is 16.3 Å². The van der Waals surface area contributed by atoms with E-state index in [2.05, 4.69) is 39.2 Å². The first kappa shape index (κ1) is 16.2. The summed E-state index contributed by atoms with van der Waals surface area (Å²) in [4.78, 5) is 25.0. The van der Waals surface area contributed by atoms with E-state index in [4.69, 9.17) is 0 Å². The highest BCUT2D eigenvalue weighted by Crippen LogP contribution is 2.22. The quantitative estimate of drug-likeness (QED) is 0.922. The van der Waals surface area contributed by atoms with Crippen molar-refractivity contribution in [2.75, 3.05) is 36.4 Å². The molecule has 2 heterocycles. The number of hydrogen-bond donors (Lipinski definition) is 1. The number of urea groups is 1. The minimum atomic E-state index is -0.0381. The van der Waals surface area contributed by atoms with Crippen LogP contribution in [0.15, 0.2) is 30.7 Å². The molecule has 1 aromatic heterocycles. The second-order valence-electron chi connectivity index (χ2n) is 6.24. The van der Waals surface area contributed by atoms with Gasteiger partial charge in [-0.1, -0.05) is 17.7 Å². The number of aromatic nitrogens is 2. The summed E-state index contributed by atoms with van der Waals surface area (Å²) in [6, 6.07) is 4.15. The number of piperazine rings is 1. The molecule has 6 heteroatoms. The first-order valence-electron chi connectivity index (χ1n) is 8.19. The predicted molar refractivity (Wildman–Crippen MR) is 95.5 cm³/mol. The Morgan fingerprint density at radius 2 is 1.71 bits per heavy atom. The number of rotatable bonds is 2. The van der Waals surface area contributed by atoms with Crippen molar-refractivity contribution in [1.82, 2.24) is 14.9 Å². The Labute approximate surface area is 142 Å². The smallest absolute Gasteiger partial charge is 0.321 e. The fraction of sp³-hybridized carbons (Fsp3) is 0.389. The predicted octanol–water partition coefficient (Wildman–Crippen LogP) is 2.76. The minimum Gasteiger partial charge on any atom is -0.352 e. The third-order valence-corrected chi connectivity index (χ3v) is 4.35. The Hall–Kier alpha value is -2.63. The standard InChI is InChI=1S/C18H23N5O/c1-13-10-14(2)17(15(3)11-13)21-18(24)23-8-6-22(7-9-23)16-12-19-4-5-20-16/h4-5,10-12H,6-9H2,1-3H3,(H,21,24). The van der Waals surface area contributed by atoms with Crippen molar-refractivity contribution in [2.24, 2.45) is 0 Å². The second kappa shape index (κ2) is 6.86. The van der Waals surface area contributed by atoms with E-state index < -0.39 is 0 Å². The average molecular weight is 325 g/mol.